The second kappa shape index (κ2) is 13.1. The summed E-state index contributed by atoms with van der Waals surface area (Å²) in [5, 5.41) is 14.4. The van der Waals surface area contributed by atoms with Crippen LogP contribution in [0.3, 0.4) is 0 Å². The first-order valence-corrected chi connectivity index (χ1v) is 15.1. The molecule has 11 nitrogen and oxygen atoms in total. The van der Waals surface area contributed by atoms with E-state index in [1.165, 1.54) is 19.1 Å². The highest BCUT2D eigenvalue weighted by atomic mass is 35.5. The first-order valence-electron chi connectivity index (χ1n) is 14.7. The smallest absolute Gasteiger partial charge is 0.409 e. The molecule has 3 aliphatic heterocycles. The SMILES string of the molecule is COc1cc2cc(c1Cl)N(C)C(=O)C[C@H](OC(=O)C(C)C)[C@]1(C)O[C@H]1[C@@H](C)[C@H]1C[C@](O)(NC(=O)O1)[C@@H](OC)C=CC=C(C)C2. The number of nitrogens with zero attached hydrogens (tertiary/aromatic N) is 1. The maximum atomic E-state index is 13.8. The monoisotopic (exact) mass is 634 g/mol. The first kappa shape index (κ1) is 33.8. The number of alkyl carbamates (subject to hydrolysis) is 1. The van der Waals surface area contributed by atoms with Gasteiger partial charge in [-0.2, -0.15) is 0 Å². The van der Waals surface area contributed by atoms with Crippen LogP contribution in [-0.4, -0.2) is 80.1 Å². The Morgan fingerprint density at radius 3 is 2.59 bits per heavy atom. The molecule has 242 valence electrons. The summed E-state index contributed by atoms with van der Waals surface area (Å²) in [5.41, 5.74) is -0.587. The largest absolute Gasteiger partial charge is 0.495 e. The minimum Gasteiger partial charge on any atom is -0.495 e. The molecule has 2 saturated heterocycles. The summed E-state index contributed by atoms with van der Waals surface area (Å²) in [5.74, 6) is -1.30. The van der Waals surface area contributed by atoms with Crippen LogP contribution in [0.2, 0.25) is 5.02 Å². The van der Waals surface area contributed by atoms with E-state index in [-0.39, 0.29) is 23.8 Å². The molecule has 0 aromatic heterocycles. The molecule has 0 spiro atoms. The Bertz CT molecular complexity index is 1350. The number of ether oxygens (including phenoxy) is 5. The van der Waals surface area contributed by atoms with Crippen molar-refractivity contribution in [3.63, 3.8) is 0 Å². The fraction of sp³-hybridized carbons (Fsp3) is 0.594. The third-order valence-corrected chi connectivity index (χ3v) is 9.06. The van der Waals surface area contributed by atoms with E-state index in [1.54, 1.807) is 40.0 Å². The normalized spacial score (nSPS) is 32.8. The fourth-order valence-electron chi connectivity index (χ4n) is 5.88. The Kier molecular flexibility index (Phi) is 10.0. The van der Waals surface area contributed by atoms with Gasteiger partial charge in [0.15, 0.2) is 5.72 Å². The number of methoxy groups -OCH3 is 2. The van der Waals surface area contributed by atoms with Crippen LogP contribution in [0.4, 0.5) is 10.5 Å². The Morgan fingerprint density at radius 1 is 1.25 bits per heavy atom. The molecule has 1 aromatic carbocycles. The van der Waals surface area contributed by atoms with Gasteiger partial charge in [-0.25, -0.2) is 4.79 Å². The van der Waals surface area contributed by atoms with E-state index in [9.17, 15) is 19.5 Å². The molecule has 4 rings (SSSR count). The molecule has 0 radical (unpaired) electrons. The lowest BCUT2D eigenvalue weighted by Crippen LogP contribution is -2.63. The number of carbonyl (C=O) groups is 3. The van der Waals surface area contributed by atoms with Crippen molar-refractivity contribution in [1.29, 1.82) is 0 Å². The standard InChI is InChI=1S/C32H43ClN2O9/c1-17(2)29(37)43-25-15-26(36)35(6)21-13-20(14-22(40-7)27(21)33)12-18(3)10-9-11-24(41-8)32(39)16-23(42-30(38)34-32)19(4)28-31(25,5)44-28/h9-11,13-14,17,19,23-25,28,39H,12,15-16H2,1-8H3,(H,34,38)/t19-,23+,24-,25-,28-,31-,32+/m0/s1. The van der Waals surface area contributed by atoms with Crippen LogP contribution in [0.15, 0.2) is 35.9 Å². The molecule has 12 heteroatoms. The molecule has 44 heavy (non-hydrogen) atoms. The number of amides is 2. The van der Waals surface area contributed by atoms with E-state index < -0.39 is 59.6 Å². The second-order valence-corrected chi connectivity index (χ2v) is 12.8. The van der Waals surface area contributed by atoms with Crippen molar-refractivity contribution >= 4 is 35.3 Å². The number of anilines is 1. The number of hydrogen-bond acceptors (Lipinski definition) is 9. The molecular weight excluding hydrogens is 592 g/mol. The van der Waals surface area contributed by atoms with Gasteiger partial charge < -0.3 is 33.7 Å². The topological polar surface area (TPSA) is 136 Å². The third-order valence-electron chi connectivity index (χ3n) is 8.68. The van der Waals surface area contributed by atoms with Crippen molar-refractivity contribution < 1.29 is 43.2 Å². The number of esters is 1. The van der Waals surface area contributed by atoms with Crippen molar-refractivity contribution in [3.8, 4) is 5.75 Å². The van der Waals surface area contributed by atoms with Gasteiger partial charge in [0.2, 0.25) is 5.91 Å². The number of rotatable bonds is 4. The minimum atomic E-state index is -1.77. The summed E-state index contributed by atoms with van der Waals surface area (Å²) in [7, 11) is 4.56. The van der Waals surface area contributed by atoms with E-state index in [1.807, 2.05) is 32.1 Å². The van der Waals surface area contributed by atoms with Crippen LogP contribution in [0, 0.1) is 11.8 Å². The van der Waals surface area contributed by atoms with Crippen molar-refractivity contribution in [3.05, 3.63) is 46.5 Å². The van der Waals surface area contributed by atoms with Gasteiger partial charge in [0, 0.05) is 26.5 Å². The number of epoxide rings is 1. The molecule has 0 aliphatic carbocycles. The highest BCUT2D eigenvalue weighted by Crippen LogP contribution is 2.49. The summed E-state index contributed by atoms with van der Waals surface area (Å²) < 4.78 is 28.8. The van der Waals surface area contributed by atoms with Gasteiger partial charge in [-0.05, 0) is 38.0 Å². The zero-order chi connectivity index (χ0) is 32.6. The van der Waals surface area contributed by atoms with Crippen LogP contribution in [0.5, 0.6) is 5.75 Å². The molecule has 2 N–H and O–H groups in total. The number of halogens is 1. The van der Waals surface area contributed by atoms with Crippen LogP contribution >= 0.6 is 11.6 Å². The van der Waals surface area contributed by atoms with Gasteiger partial charge >= 0.3 is 12.1 Å². The van der Waals surface area contributed by atoms with E-state index in [0.29, 0.717) is 17.9 Å². The maximum Gasteiger partial charge on any atom is 0.409 e. The average molecular weight is 635 g/mol. The number of carbonyl (C=O) groups excluding carboxylic acids is 3. The summed E-state index contributed by atoms with van der Waals surface area (Å²) in [4.78, 5) is 40.7. The lowest BCUT2D eigenvalue weighted by molar-refractivity contribution is -0.157. The third kappa shape index (κ3) is 6.91. The maximum absolute atomic E-state index is 13.8. The van der Waals surface area contributed by atoms with E-state index in [2.05, 4.69) is 5.32 Å². The summed E-state index contributed by atoms with van der Waals surface area (Å²) in [6.07, 6.45) is 1.65. The predicted molar refractivity (Wildman–Crippen MR) is 164 cm³/mol. The molecule has 0 saturated carbocycles. The summed E-state index contributed by atoms with van der Waals surface area (Å²) in [6.45, 7) is 8.95. The first-order chi connectivity index (χ1) is 20.6. The highest BCUT2D eigenvalue weighted by molar-refractivity contribution is 6.35. The Balaban J connectivity index is 1.80. The molecule has 2 fully saturated rings. The molecule has 7 atom stereocenters. The number of benzene rings is 1. The van der Waals surface area contributed by atoms with Crippen molar-refractivity contribution in [2.45, 2.75) is 89.6 Å². The number of nitrogens with one attached hydrogen (secondary N) is 1. The lowest BCUT2D eigenvalue weighted by Gasteiger charge is -2.42. The molecule has 3 heterocycles. The Morgan fingerprint density at radius 2 is 1.95 bits per heavy atom. The van der Waals surface area contributed by atoms with Crippen LogP contribution in [0.25, 0.3) is 0 Å². The van der Waals surface area contributed by atoms with Gasteiger partial charge in [-0.1, -0.05) is 56.2 Å². The number of fused-ring (bicyclic) bond motifs is 5. The molecule has 4 bridgehead atoms. The molecule has 0 unspecified atom stereocenters. The van der Waals surface area contributed by atoms with Crippen LogP contribution in [-0.2, 0) is 35.0 Å². The van der Waals surface area contributed by atoms with Crippen molar-refractivity contribution in [2.24, 2.45) is 11.8 Å². The molecular formula is C32H43ClN2O9. The van der Waals surface area contributed by atoms with Crippen molar-refractivity contribution in [1.82, 2.24) is 5.32 Å². The van der Waals surface area contributed by atoms with Gasteiger partial charge in [0.05, 0.1) is 31.2 Å². The van der Waals surface area contributed by atoms with E-state index in [0.717, 1.165) is 11.1 Å². The summed E-state index contributed by atoms with van der Waals surface area (Å²) in [6, 6.07) is 3.63. The highest BCUT2D eigenvalue weighted by Gasteiger charge is 2.64. The van der Waals surface area contributed by atoms with Crippen LogP contribution < -0.4 is 15.0 Å². The zero-order valence-electron chi connectivity index (χ0n) is 26.5. The fourth-order valence-corrected chi connectivity index (χ4v) is 6.19. The van der Waals surface area contributed by atoms with Crippen molar-refractivity contribution in [2.75, 3.05) is 26.2 Å². The predicted octanol–water partition coefficient (Wildman–Crippen LogP) is 4.32. The van der Waals surface area contributed by atoms with E-state index in [4.69, 9.17) is 35.3 Å². The number of allylic oxidation sites excluding steroid dienone is 3. The van der Waals surface area contributed by atoms with Gasteiger partial charge in [0.1, 0.15) is 34.7 Å². The molecule has 2 amide bonds. The van der Waals surface area contributed by atoms with E-state index >= 15 is 0 Å². The number of aliphatic hydroxyl groups is 1. The zero-order valence-corrected chi connectivity index (χ0v) is 27.3. The van der Waals surface area contributed by atoms with Gasteiger partial charge in [0.25, 0.3) is 0 Å². The average Bonchev–Trinajstić information content (AvgIpc) is 3.66. The Hall–Kier alpha value is -3.12. The van der Waals surface area contributed by atoms with Crippen LogP contribution in [0.1, 0.15) is 53.0 Å². The molecule has 3 aliphatic rings. The minimum absolute atomic E-state index is 0.00361. The van der Waals surface area contributed by atoms with Gasteiger partial charge in [-0.15, -0.1) is 0 Å². The second-order valence-electron chi connectivity index (χ2n) is 12.4. The lowest BCUT2D eigenvalue weighted by atomic mass is 9.83. The molecule has 1 aromatic rings. The summed E-state index contributed by atoms with van der Waals surface area (Å²) >= 11 is 6.68. The number of hydrogen-bond donors (Lipinski definition) is 2. The van der Waals surface area contributed by atoms with Gasteiger partial charge in [-0.3, -0.25) is 14.9 Å². The quantitative estimate of drug-likeness (QED) is 0.366. The Labute approximate surface area is 263 Å².